The van der Waals surface area contributed by atoms with Crippen LogP contribution in [-0.2, 0) is 7.05 Å². The Balaban J connectivity index is 1.89. The summed E-state index contributed by atoms with van der Waals surface area (Å²) in [5.41, 5.74) is 2.85. The van der Waals surface area contributed by atoms with E-state index in [2.05, 4.69) is 0 Å². The van der Waals surface area contributed by atoms with Gasteiger partial charge in [-0.05, 0) is 31.2 Å². The minimum Gasteiger partial charge on any atom is -0.508 e. The Hall–Kier alpha value is -3.41. The molecular formula is C20H17NO5. The van der Waals surface area contributed by atoms with Crippen LogP contribution in [0.5, 0.6) is 23.0 Å². The van der Waals surface area contributed by atoms with E-state index in [9.17, 15) is 15.0 Å². The third-order valence-corrected chi connectivity index (χ3v) is 4.76. The molecule has 2 heterocycles. The maximum absolute atomic E-state index is 12.6. The van der Waals surface area contributed by atoms with Gasteiger partial charge < -0.3 is 24.3 Å². The van der Waals surface area contributed by atoms with E-state index in [0.29, 0.717) is 5.75 Å². The van der Waals surface area contributed by atoms with Crippen LogP contribution in [0.25, 0.3) is 17.0 Å². The molecule has 0 saturated heterocycles. The van der Waals surface area contributed by atoms with Crippen LogP contribution in [0, 0.1) is 6.92 Å². The highest BCUT2D eigenvalue weighted by atomic mass is 16.5. The van der Waals surface area contributed by atoms with Gasteiger partial charge in [-0.1, -0.05) is 0 Å². The van der Waals surface area contributed by atoms with Crippen LogP contribution >= 0.6 is 0 Å². The molecule has 1 aliphatic rings. The van der Waals surface area contributed by atoms with Crippen molar-refractivity contribution in [2.75, 3.05) is 7.11 Å². The number of aryl methyl sites for hydroxylation is 1. The Bertz CT molecular complexity index is 1110. The summed E-state index contributed by atoms with van der Waals surface area (Å²) in [5, 5.41) is 20.5. The van der Waals surface area contributed by atoms with Gasteiger partial charge in [-0.3, -0.25) is 4.79 Å². The average molecular weight is 351 g/mol. The number of phenols is 2. The van der Waals surface area contributed by atoms with E-state index in [0.717, 1.165) is 28.2 Å². The lowest BCUT2D eigenvalue weighted by Gasteiger charge is -2.01. The summed E-state index contributed by atoms with van der Waals surface area (Å²) in [7, 11) is 3.55. The van der Waals surface area contributed by atoms with Crippen molar-refractivity contribution in [3.8, 4) is 23.0 Å². The number of fused-ring (bicyclic) bond motifs is 2. The third-order valence-electron chi connectivity index (χ3n) is 4.76. The maximum atomic E-state index is 12.6. The summed E-state index contributed by atoms with van der Waals surface area (Å²) in [6, 6.07) is 8.18. The highest BCUT2D eigenvalue weighted by molar-refractivity contribution is 6.17. The van der Waals surface area contributed by atoms with Gasteiger partial charge in [0.25, 0.3) is 0 Å². The number of allylic oxidation sites excluding steroid dienone is 1. The van der Waals surface area contributed by atoms with Crippen LogP contribution in [0.3, 0.4) is 0 Å². The maximum Gasteiger partial charge on any atom is 0.235 e. The molecule has 0 spiro atoms. The second kappa shape index (κ2) is 5.56. The van der Waals surface area contributed by atoms with Crippen molar-refractivity contribution < 1.29 is 24.5 Å². The second-order valence-corrected chi connectivity index (χ2v) is 6.22. The molecule has 2 N–H and O–H groups in total. The van der Waals surface area contributed by atoms with Crippen molar-refractivity contribution in [3.05, 3.63) is 52.9 Å². The highest BCUT2D eigenvalue weighted by Gasteiger charge is 2.31. The van der Waals surface area contributed by atoms with Gasteiger partial charge in [-0.2, -0.15) is 0 Å². The minimum atomic E-state index is -0.420. The van der Waals surface area contributed by atoms with Crippen LogP contribution in [0.2, 0.25) is 0 Å². The molecule has 132 valence electrons. The molecule has 3 aromatic rings. The molecule has 0 fully saturated rings. The van der Waals surface area contributed by atoms with Crippen LogP contribution < -0.4 is 9.47 Å². The number of ether oxygens (including phenoxy) is 2. The molecule has 0 radical (unpaired) electrons. The predicted octanol–water partition coefficient (Wildman–Crippen LogP) is 3.52. The number of phenolic OH excluding ortho intramolecular Hbond substituents is 2. The number of Topliss-reactive ketones (excluding diaryl/α,β-unsaturated/α-hetero) is 1. The lowest BCUT2D eigenvalue weighted by molar-refractivity contribution is 0.101. The number of nitrogens with zero attached hydrogens (tertiary/aromatic N) is 1. The molecule has 1 aromatic heterocycles. The van der Waals surface area contributed by atoms with E-state index in [4.69, 9.17) is 9.47 Å². The number of benzene rings is 2. The van der Waals surface area contributed by atoms with E-state index in [-0.39, 0.29) is 28.6 Å². The van der Waals surface area contributed by atoms with Gasteiger partial charge >= 0.3 is 0 Å². The van der Waals surface area contributed by atoms with Crippen LogP contribution in [-0.4, -0.2) is 27.7 Å². The van der Waals surface area contributed by atoms with Crippen LogP contribution in [0.4, 0.5) is 0 Å². The number of hydrogen-bond donors (Lipinski definition) is 2. The molecule has 6 nitrogen and oxygen atoms in total. The number of ketones is 1. The average Bonchev–Trinajstić information content (AvgIpc) is 3.04. The lowest BCUT2D eigenvalue weighted by atomic mass is 10.1. The monoisotopic (exact) mass is 351 g/mol. The molecular weight excluding hydrogens is 334 g/mol. The van der Waals surface area contributed by atoms with Gasteiger partial charge in [-0.25, -0.2) is 0 Å². The summed E-state index contributed by atoms with van der Waals surface area (Å²) in [6.07, 6.45) is 1.66. The number of hydrogen-bond acceptors (Lipinski definition) is 5. The van der Waals surface area contributed by atoms with Crippen LogP contribution in [0.1, 0.15) is 21.6 Å². The summed E-state index contributed by atoms with van der Waals surface area (Å²) in [4.78, 5) is 12.6. The van der Waals surface area contributed by atoms with E-state index in [1.807, 2.05) is 36.7 Å². The number of aromatic hydroxyl groups is 2. The van der Waals surface area contributed by atoms with E-state index in [1.165, 1.54) is 6.07 Å². The van der Waals surface area contributed by atoms with Gasteiger partial charge in [0.15, 0.2) is 5.76 Å². The second-order valence-electron chi connectivity index (χ2n) is 6.22. The molecule has 0 bridgehead atoms. The van der Waals surface area contributed by atoms with Gasteiger partial charge in [0.2, 0.25) is 5.78 Å². The Morgan fingerprint density at radius 1 is 1.19 bits per heavy atom. The van der Waals surface area contributed by atoms with Crippen molar-refractivity contribution in [1.29, 1.82) is 0 Å². The lowest BCUT2D eigenvalue weighted by Crippen LogP contribution is -1.99. The van der Waals surface area contributed by atoms with Crippen molar-refractivity contribution >= 4 is 22.8 Å². The first-order valence-corrected chi connectivity index (χ1v) is 8.04. The number of carbonyl (C=O) groups excluding carboxylic acids is 1. The van der Waals surface area contributed by atoms with Gasteiger partial charge in [0, 0.05) is 41.3 Å². The molecule has 0 saturated carbocycles. The molecule has 1 aliphatic heterocycles. The minimum absolute atomic E-state index is 0.0597. The molecule has 6 heteroatoms. The fraction of sp³-hybridized carbons (Fsp3) is 0.150. The molecule has 0 amide bonds. The first kappa shape index (κ1) is 16.1. The molecule has 26 heavy (non-hydrogen) atoms. The Morgan fingerprint density at radius 2 is 1.96 bits per heavy atom. The summed E-state index contributed by atoms with van der Waals surface area (Å²) < 4.78 is 12.9. The molecule has 2 aromatic carbocycles. The first-order chi connectivity index (χ1) is 12.4. The Kier molecular flexibility index (Phi) is 3.44. The SMILES string of the molecule is COc1ccc2c(c1)c(/C=C1\Oc3cc(O)cc(O)c3C1=O)c(C)n2C. The summed E-state index contributed by atoms with van der Waals surface area (Å²) in [6.45, 7) is 1.95. The fourth-order valence-electron chi connectivity index (χ4n) is 3.30. The van der Waals surface area contributed by atoms with E-state index in [1.54, 1.807) is 13.2 Å². The zero-order valence-corrected chi connectivity index (χ0v) is 14.5. The van der Waals surface area contributed by atoms with Gasteiger partial charge in [0.05, 0.1) is 7.11 Å². The highest BCUT2D eigenvalue weighted by Crippen LogP contribution is 2.41. The number of rotatable bonds is 2. The van der Waals surface area contributed by atoms with Crippen molar-refractivity contribution in [2.45, 2.75) is 6.92 Å². The van der Waals surface area contributed by atoms with Gasteiger partial charge in [-0.15, -0.1) is 0 Å². The van der Waals surface area contributed by atoms with E-state index >= 15 is 0 Å². The predicted molar refractivity (Wildman–Crippen MR) is 96.9 cm³/mol. The largest absolute Gasteiger partial charge is 0.508 e. The summed E-state index contributed by atoms with van der Waals surface area (Å²) in [5.74, 6) is 0.0729. The Morgan fingerprint density at radius 3 is 2.69 bits per heavy atom. The molecule has 0 unspecified atom stereocenters. The fourth-order valence-corrected chi connectivity index (χ4v) is 3.30. The molecule has 4 rings (SSSR count). The van der Waals surface area contributed by atoms with Crippen molar-refractivity contribution in [3.63, 3.8) is 0 Å². The number of carbonyl (C=O) groups is 1. The zero-order chi connectivity index (χ0) is 18.6. The Labute approximate surface area is 149 Å². The third kappa shape index (κ3) is 2.23. The number of methoxy groups -OCH3 is 1. The van der Waals surface area contributed by atoms with Crippen molar-refractivity contribution in [1.82, 2.24) is 4.57 Å². The molecule has 0 aliphatic carbocycles. The van der Waals surface area contributed by atoms with Crippen LogP contribution in [0.15, 0.2) is 36.1 Å². The number of aromatic nitrogens is 1. The van der Waals surface area contributed by atoms with E-state index < -0.39 is 5.78 Å². The van der Waals surface area contributed by atoms with Crippen molar-refractivity contribution in [2.24, 2.45) is 7.05 Å². The zero-order valence-electron chi connectivity index (χ0n) is 14.5. The smallest absolute Gasteiger partial charge is 0.235 e. The van der Waals surface area contributed by atoms with Gasteiger partial charge in [0.1, 0.15) is 28.6 Å². The first-order valence-electron chi connectivity index (χ1n) is 8.04. The normalized spacial score (nSPS) is 14.7. The molecule has 0 atom stereocenters. The standard InChI is InChI=1S/C20H17NO5/c1-10-13(14-8-12(25-3)4-5-15(14)21(10)2)9-18-20(24)19-16(23)6-11(22)7-17(19)26-18/h4-9,22-23H,1-3H3/b18-9-. The summed E-state index contributed by atoms with van der Waals surface area (Å²) >= 11 is 0. The quantitative estimate of drug-likeness (QED) is 0.691. The topological polar surface area (TPSA) is 80.9 Å².